The Bertz CT molecular complexity index is 1170. The quantitative estimate of drug-likeness (QED) is 0.343. The third-order valence-corrected chi connectivity index (χ3v) is 6.47. The van der Waals surface area contributed by atoms with E-state index < -0.39 is 6.04 Å². The van der Waals surface area contributed by atoms with Gasteiger partial charge >= 0.3 is 0 Å². The first-order valence-electron chi connectivity index (χ1n) is 11.1. The molecule has 0 spiro atoms. The van der Waals surface area contributed by atoms with Crippen molar-refractivity contribution in [1.82, 2.24) is 14.8 Å². The summed E-state index contributed by atoms with van der Waals surface area (Å²) in [6.45, 7) is 6.08. The van der Waals surface area contributed by atoms with E-state index in [1.54, 1.807) is 23.6 Å². The maximum atomic E-state index is 13.6. The van der Waals surface area contributed by atoms with Crippen molar-refractivity contribution >= 4 is 29.3 Å². The lowest BCUT2D eigenvalue weighted by Gasteiger charge is -2.29. The number of methoxy groups -OCH3 is 1. The topological polar surface area (TPSA) is 81.1 Å². The minimum atomic E-state index is -0.476. The maximum absolute atomic E-state index is 13.6. The van der Waals surface area contributed by atoms with Gasteiger partial charge in [0.2, 0.25) is 11.1 Å². The van der Waals surface area contributed by atoms with E-state index in [1.165, 1.54) is 0 Å². The molecule has 0 aliphatic carbocycles. The third kappa shape index (κ3) is 4.90. The molecule has 1 amide bonds. The molecule has 4 rings (SSSR count). The van der Waals surface area contributed by atoms with Crippen LogP contribution in [0.1, 0.15) is 43.9 Å². The second-order valence-corrected chi connectivity index (χ2v) is 9.05. The van der Waals surface area contributed by atoms with Crippen LogP contribution in [0.3, 0.4) is 0 Å². The van der Waals surface area contributed by atoms with Gasteiger partial charge in [0.1, 0.15) is 11.8 Å². The molecule has 0 bridgehead atoms. The Morgan fingerprint density at radius 3 is 2.67 bits per heavy atom. The van der Waals surface area contributed by atoms with Gasteiger partial charge in [-0.3, -0.25) is 4.79 Å². The number of fused-ring (bicyclic) bond motifs is 1. The molecule has 2 aromatic carbocycles. The highest BCUT2D eigenvalue weighted by Crippen LogP contribution is 2.40. The molecule has 172 valence electrons. The molecule has 0 radical (unpaired) electrons. The minimum Gasteiger partial charge on any atom is -0.496 e. The number of amides is 1. The molecule has 2 N–H and O–H groups in total. The molecule has 3 aromatic rings. The number of carbonyl (C=O) groups is 1. The van der Waals surface area contributed by atoms with Crippen LogP contribution in [0.15, 0.2) is 65.0 Å². The number of aromatic nitrogens is 3. The number of nitrogens with one attached hydrogen (secondary N) is 2. The zero-order valence-electron chi connectivity index (χ0n) is 19.4. The molecule has 33 heavy (non-hydrogen) atoms. The summed E-state index contributed by atoms with van der Waals surface area (Å²) < 4.78 is 7.45. The van der Waals surface area contributed by atoms with Crippen molar-refractivity contribution in [3.63, 3.8) is 0 Å². The van der Waals surface area contributed by atoms with Crippen molar-refractivity contribution in [3.05, 3.63) is 70.9 Å². The molecule has 1 aliphatic heterocycles. The van der Waals surface area contributed by atoms with Crippen LogP contribution in [-0.2, 0) is 4.79 Å². The first-order valence-corrected chi connectivity index (χ1v) is 12.1. The number of rotatable bonds is 8. The van der Waals surface area contributed by atoms with Crippen LogP contribution in [0.2, 0.25) is 0 Å². The lowest BCUT2D eigenvalue weighted by molar-refractivity contribution is -0.113. The number of para-hydroxylation sites is 1. The van der Waals surface area contributed by atoms with E-state index in [1.807, 2.05) is 62.4 Å². The van der Waals surface area contributed by atoms with E-state index in [9.17, 15) is 4.79 Å². The number of benzene rings is 2. The highest BCUT2D eigenvalue weighted by atomic mass is 32.2. The van der Waals surface area contributed by atoms with Crippen LogP contribution in [0, 0.1) is 6.92 Å². The number of carbonyl (C=O) groups excluding carboxylic acids is 1. The molecule has 7 nitrogen and oxygen atoms in total. The zero-order valence-corrected chi connectivity index (χ0v) is 20.2. The molecular formula is C25H29N5O2S. The SMILES string of the molecule is CCCCSc1nc2n(n1)C(c1ccccc1OC)C(C(=O)Nc1ccc(C)cc1)=C(C)N2. The lowest BCUT2D eigenvalue weighted by Crippen LogP contribution is -2.31. The Kier molecular flexibility index (Phi) is 7.03. The Balaban J connectivity index is 1.75. The molecule has 1 atom stereocenters. The summed E-state index contributed by atoms with van der Waals surface area (Å²) in [6, 6.07) is 15.0. The standard InChI is InChI=1S/C25H29N5O2S/c1-5-6-15-33-25-28-24-26-17(3)21(23(31)27-18-13-11-16(2)12-14-18)22(30(24)29-25)19-9-7-8-10-20(19)32-4/h7-14,22H,5-6,15H2,1-4H3,(H,27,31)(H,26,28,29). The number of hydrogen-bond acceptors (Lipinski definition) is 6. The largest absolute Gasteiger partial charge is 0.496 e. The number of anilines is 2. The van der Waals surface area contributed by atoms with Crippen molar-refractivity contribution in [2.45, 2.75) is 44.8 Å². The summed E-state index contributed by atoms with van der Waals surface area (Å²) in [4.78, 5) is 18.2. The van der Waals surface area contributed by atoms with Gasteiger partial charge in [-0.15, -0.1) is 5.10 Å². The summed E-state index contributed by atoms with van der Waals surface area (Å²) in [5.74, 6) is 2.07. The summed E-state index contributed by atoms with van der Waals surface area (Å²) in [5, 5.41) is 11.8. The van der Waals surface area contributed by atoms with Crippen molar-refractivity contribution < 1.29 is 9.53 Å². The highest BCUT2D eigenvalue weighted by molar-refractivity contribution is 7.99. The molecule has 1 unspecified atom stereocenters. The van der Waals surface area contributed by atoms with Crippen molar-refractivity contribution in [1.29, 1.82) is 0 Å². The molecular weight excluding hydrogens is 434 g/mol. The number of aryl methyl sites for hydroxylation is 1. The normalized spacial score (nSPS) is 15.1. The Morgan fingerprint density at radius 2 is 1.94 bits per heavy atom. The van der Waals surface area contributed by atoms with Gasteiger partial charge in [0.25, 0.3) is 5.91 Å². The van der Waals surface area contributed by atoms with E-state index in [0.29, 0.717) is 22.4 Å². The molecule has 2 heterocycles. The number of thioether (sulfide) groups is 1. The van der Waals surface area contributed by atoms with Gasteiger partial charge < -0.3 is 15.4 Å². The Morgan fingerprint density at radius 1 is 1.18 bits per heavy atom. The van der Waals surface area contributed by atoms with Gasteiger partial charge in [-0.1, -0.05) is 61.0 Å². The van der Waals surface area contributed by atoms with Gasteiger partial charge in [0, 0.05) is 22.7 Å². The van der Waals surface area contributed by atoms with Crippen molar-refractivity contribution in [2.75, 3.05) is 23.5 Å². The minimum absolute atomic E-state index is 0.193. The first-order chi connectivity index (χ1) is 16.0. The van der Waals surface area contributed by atoms with Crippen LogP contribution >= 0.6 is 11.8 Å². The van der Waals surface area contributed by atoms with Crippen LogP contribution in [0.4, 0.5) is 11.6 Å². The van der Waals surface area contributed by atoms with Gasteiger partial charge in [0.15, 0.2) is 0 Å². The Labute approximate surface area is 198 Å². The van der Waals surface area contributed by atoms with E-state index in [2.05, 4.69) is 22.5 Å². The maximum Gasteiger partial charge on any atom is 0.255 e. The summed E-state index contributed by atoms with van der Waals surface area (Å²) in [7, 11) is 1.64. The predicted molar refractivity (Wildman–Crippen MR) is 133 cm³/mol. The monoisotopic (exact) mass is 463 g/mol. The number of unbranched alkanes of at least 4 members (excludes halogenated alkanes) is 1. The molecule has 0 fully saturated rings. The average molecular weight is 464 g/mol. The van der Waals surface area contributed by atoms with E-state index in [-0.39, 0.29) is 5.91 Å². The number of hydrogen-bond donors (Lipinski definition) is 2. The number of allylic oxidation sites excluding steroid dienone is 1. The Hall–Kier alpha value is -3.26. The van der Waals surface area contributed by atoms with Gasteiger partial charge in [-0.25, -0.2) is 4.68 Å². The first kappa shape index (κ1) is 22.9. The smallest absolute Gasteiger partial charge is 0.255 e. The second kappa shape index (κ2) is 10.1. The fourth-order valence-corrected chi connectivity index (χ4v) is 4.72. The van der Waals surface area contributed by atoms with Crippen LogP contribution < -0.4 is 15.4 Å². The van der Waals surface area contributed by atoms with Crippen molar-refractivity contribution in [2.24, 2.45) is 0 Å². The molecule has 8 heteroatoms. The van der Waals surface area contributed by atoms with Gasteiger partial charge in [0.05, 0.1) is 12.7 Å². The van der Waals surface area contributed by atoms with E-state index in [0.717, 1.165) is 41.1 Å². The summed E-state index contributed by atoms with van der Waals surface area (Å²) >= 11 is 1.63. The zero-order chi connectivity index (χ0) is 23.4. The van der Waals surface area contributed by atoms with E-state index >= 15 is 0 Å². The fraction of sp³-hybridized carbons (Fsp3) is 0.320. The summed E-state index contributed by atoms with van der Waals surface area (Å²) in [5.41, 5.74) is 4.04. The van der Waals surface area contributed by atoms with E-state index in [4.69, 9.17) is 9.84 Å². The highest BCUT2D eigenvalue weighted by Gasteiger charge is 2.36. The predicted octanol–water partition coefficient (Wildman–Crippen LogP) is 5.41. The third-order valence-electron chi connectivity index (χ3n) is 5.55. The lowest BCUT2D eigenvalue weighted by atomic mass is 9.94. The fourth-order valence-electron chi connectivity index (χ4n) is 3.81. The molecule has 1 aromatic heterocycles. The van der Waals surface area contributed by atoms with Crippen LogP contribution in [0.5, 0.6) is 5.75 Å². The average Bonchev–Trinajstić information content (AvgIpc) is 3.22. The summed E-state index contributed by atoms with van der Waals surface area (Å²) in [6.07, 6.45) is 2.21. The number of nitrogens with zero attached hydrogens (tertiary/aromatic N) is 3. The van der Waals surface area contributed by atoms with Crippen LogP contribution in [-0.4, -0.2) is 33.5 Å². The second-order valence-electron chi connectivity index (χ2n) is 7.99. The molecule has 1 aliphatic rings. The van der Waals surface area contributed by atoms with Crippen molar-refractivity contribution in [3.8, 4) is 5.75 Å². The van der Waals surface area contributed by atoms with Gasteiger partial charge in [-0.2, -0.15) is 4.98 Å². The van der Waals surface area contributed by atoms with Crippen LogP contribution in [0.25, 0.3) is 0 Å². The number of ether oxygens (including phenoxy) is 1. The van der Waals surface area contributed by atoms with Gasteiger partial charge in [-0.05, 0) is 38.5 Å². The molecule has 0 saturated heterocycles. The molecule has 0 saturated carbocycles.